The van der Waals surface area contributed by atoms with Gasteiger partial charge >= 0.3 is 0 Å². The topological polar surface area (TPSA) is 99.4 Å². The van der Waals surface area contributed by atoms with Crippen LogP contribution in [0.1, 0.15) is 42.8 Å². The first-order valence-electron chi connectivity index (χ1n) is 9.69. The Morgan fingerprint density at radius 3 is 3.00 bits per heavy atom. The van der Waals surface area contributed by atoms with Gasteiger partial charge in [0.25, 0.3) is 0 Å². The highest BCUT2D eigenvalue weighted by Crippen LogP contribution is 2.38. The third-order valence-electron chi connectivity index (χ3n) is 4.92. The number of rotatable bonds is 7. The fraction of sp³-hybridized carbons (Fsp3) is 0.333. The molecule has 1 aromatic carbocycles. The van der Waals surface area contributed by atoms with Crippen molar-refractivity contribution in [2.75, 3.05) is 0 Å². The number of carbonyl (C=O) groups is 1. The number of nitrogens with one attached hydrogen (secondary N) is 2. The molecule has 30 heavy (non-hydrogen) atoms. The van der Waals surface area contributed by atoms with Gasteiger partial charge in [0.05, 0.1) is 23.7 Å². The lowest BCUT2D eigenvalue weighted by atomic mass is 10.1. The van der Waals surface area contributed by atoms with E-state index in [0.29, 0.717) is 23.7 Å². The third-order valence-corrected chi connectivity index (χ3v) is 5.22. The van der Waals surface area contributed by atoms with Gasteiger partial charge in [-0.25, -0.2) is 9.37 Å². The molecule has 4 rings (SSSR count). The number of H-pyrrole nitrogens is 1. The standard InChI is InChI=1S/C21H20ClFN6O/c1-12(26-20(30)8-15-10-25-21(27-15)13-2-3-13)11-29-5-4-19(28-29)14-6-17(22)16(9-24)18(23)7-14/h4-7,10,12-13H,2-3,8,11H2,1H3,(H,25,27)(H,26,30)/t12-/m0/s1. The van der Waals surface area contributed by atoms with Crippen LogP contribution in [0.25, 0.3) is 11.3 Å². The number of aromatic nitrogens is 4. The molecule has 1 fully saturated rings. The number of carbonyl (C=O) groups excluding carboxylic acids is 1. The Morgan fingerprint density at radius 2 is 2.30 bits per heavy atom. The number of aromatic amines is 1. The Labute approximate surface area is 177 Å². The van der Waals surface area contributed by atoms with Crippen molar-refractivity contribution in [2.24, 2.45) is 0 Å². The highest BCUT2D eigenvalue weighted by atomic mass is 35.5. The van der Waals surface area contributed by atoms with Gasteiger partial charge in [-0.05, 0) is 38.0 Å². The van der Waals surface area contributed by atoms with Crippen molar-refractivity contribution in [1.29, 1.82) is 5.26 Å². The summed E-state index contributed by atoms with van der Waals surface area (Å²) in [4.78, 5) is 19.8. The van der Waals surface area contributed by atoms with Crippen LogP contribution >= 0.6 is 11.6 Å². The van der Waals surface area contributed by atoms with Gasteiger partial charge in [-0.3, -0.25) is 9.48 Å². The fourth-order valence-corrected chi connectivity index (χ4v) is 3.55. The zero-order valence-electron chi connectivity index (χ0n) is 16.3. The molecule has 0 spiro atoms. The summed E-state index contributed by atoms with van der Waals surface area (Å²) < 4.78 is 15.7. The smallest absolute Gasteiger partial charge is 0.226 e. The number of amides is 1. The first-order valence-corrected chi connectivity index (χ1v) is 10.1. The molecule has 0 aliphatic heterocycles. The van der Waals surface area contributed by atoms with Crippen LogP contribution < -0.4 is 5.32 Å². The Morgan fingerprint density at radius 1 is 1.50 bits per heavy atom. The lowest BCUT2D eigenvalue weighted by Crippen LogP contribution is -2.36. The van der Waals surface area contributed by atoms with Crippen molar-refractivity contribution in [2.45, 2.75) is 44.7 Å². The van der Waals surface area contributed by atoms with E-state index in [-0.39, 0.29) is 29.0 Å². The maximum absolute atomic E-state index is 14.0. The van der Waals surface area contributed by atoms with Crippen LogP contribution in [0.4, 0.5) is 4.39 Å². The van der Waals surface area contributed by atoms with E-state index in [2.05, 4.69) is 20.4 Å². The third kappa shape index (κ3) is 4.52. The van der Waals surface area contributed by atoms with E-state index in [4.69, 9.17) is 16.9 Å². The van der Waals surface area contributed by atoms with Gasteiger partial charge < -0.3 is 10.3 Å². The molecule has 7 nitrogen and oxygen atoms in total. The molecule has 1 aliphatic rings. The summed E-state index contributed by atoms with van der Waals surface area (Å²) in [6.45, 7) is 2.34. The number of hydrogen-bond acceptors (Lipinski definition) is 4. The quantitative estimate of drug-likeness (QED) is 0.603. The molecule has 0 saturated heterocycles. The maximum atomic E-state index is 14.0. The molecule has 9 heteroatoms. The van der Waals surface area contributed by atoms with Gasteiger partial charge in [0.1, 0.15) is 23.3 Å². The first-order chi connectivity index (χ1) is 14.4. The molecular weight excluding hydrogens is 407 g/mol. The van der Waals surface area contributed by atoms with Crippen LogP contribution in [0, 0.1) is 17.1 Å². The van der Waals surface area contributed by atoms with E-state index in [1.165, 1.54) is 12.1 Å². The van der Waals surface area contributed by atoms with Crippen molar-refractivity contribution in [3.63, 3.8) is 0 Å². The van der Waals surface area contributed by atoms with Crippen LogP contribution in [0.2, 0.25) is 5.02 Å². The van der Waals surface area contributed by atoms with Gasteiger partial charge in [0, 0.05) is 35.6 Å². The molecule has 1 amide bonds. The number of nitrogens with zero attached hydrogens (tertiary/aromatic N) is 4. The number of hydrogen-bond donors (Lipinski definition) is 2. The van der Waals surface area contributed by atoms with Crippen molar-refractivity contribution in [3.8, 4) is 17.3 Å². The molecule has 3 aromatic rings. The average molecular weight is 427 g/mol. The van der Waals surface area contributed by atoms with Gasteiger partial charge in [0.2, 0.25) is 5.91 Å². The van der Waals surface area contributed by atoms with Gasteiger partial charge in [0.15, 0.2) is 0 Å². The summed E-state index contributed by atoms with van der Waals surface area (Å²) in [5, 5.41) is 16.3. The predicted octanol–water partition coefficient (Wildman–Crippen LogP) is 3.56. The normalized spacial score (nSPS) is 14.3. The summed E-state index contributed by atoms with van der Waals surface area (Å²) in [6, 6.07) is 6.07. The number of nitriles is 1. The second-order valence-electron chi connectivity index (χ2n) is 7.56. The van der Waals surface area contributed by atoms with E-state index in [1.807, 2.05) is 6.92 Å². The molecule has 0 radical (unpaired) electrons. The van der Waals surface area contributed by atoms with E-state index < -0.39 is 5.82 Å². The van der Waals surface area contributed by atoms with Crippen molar-refractivity contribution in [1.82, 2.24) is 25.1 Å². The molecule has 1 aliphatic carbocycles. The van der Waals surface area contributed by atoms with Crippen LogP contribution in [0.5, 0.6) is 0 Å². The van der Waals surface area contributed by atoms with E-state index in [9.17, 15) is 9.18 Å². The summed E-state index contributed by atoms with van der Waals surface area (Å²) in [6.07, 6.45) is 6.03. The molecule has 2 heterocycles. The molecule has 154 valence electrons. The van der Waals surface area contributed by atoms with E-state index in [0.717, 1.165) is 24.4 Å². The van der Waals surface area contributed by atoms with Crippen LogP contribution in [-0.4, -0.2) is 31.7 Å². The Balaban J connectivity index is 1.35. The zero-order valence-corrected chi connectivity index (χ0v) is 17.1. The molecule has 1 saturated carbocycles. The minimum Gasteiger partial charge on any atom is -0.351 e. The van der Waals surface area contributed by atoms with Crippen molar-refractivity contribution < 1.29 is 9.18 Å². The number of halogens is 2. The highest BCUT2D eigenvalue weighted by molar-refractivity contribution is 6.32. The minimum absolute atomic E-state index is 0.0475. The molecule has 1 atom stereocenters. The molecular formula is C21H20ClFN6O. The second-order valence-corrected chi connectivity index (χ2v) is 7.97. The Bertz CT molecular complexity index is 1100. The molecule has 2 N–H and O–H groups in total. The SMILES string of the molecule is C[C@@H](Cn1ccc(-c2cc(F)c(C#N)c(Cl)c2)n1)NC(=O)Cc1cnc(C2CC2)[nH]1. The van der Waals surface area contributed by atoms with Gasteiger partial charge in [-0.15, -0.1) is 0 Å². The first kappa shape index (κ1) is 20.1. The van der Waals surface area contributed by atoms with E-state index in [1.54, 1.807) is 29.2 Å². The van der Waals surface area contributed by atoms with Gasteiger partial charge in [-0.2, -0.15) is 10.4 Å². The zero-order chi connectivity index (χ0) is 21.3. The summed E-state index contributed by atoms with van der Waals surface area (Å²) in [7, 11) is 0. The van der Waals surface area contributed by atoms with Crippen molar-refractivity contribution in [3.05, 3.63) is 58.5 Å². The molecule has 2 aromatic heterocycles. The van der Waals surface area contributed by atoms with Gasteiger partial charge in [-0.1, -0.05) is 11.6 Å². The molecule has 0 bridgehead atoms. The van der Waals surface area contributed by atoms with Crippen LogP contribution in [0.3, 0.4) is 0 Å². The maximum Gasteiger partial charge on any atom is 0.226 e. The molecule has 0 unspecified atom stereocenters. The Kier molecular flexibility index (Phi) is 5.55. The van der Waals surface area contributed by atoms with E-state index >= 15 is 0 Å². The average Bonchev–Trinajstić information content (AvgIpc) is 3.26. The monoisotopic (exact) mass is 426 g/mol. The fourth-order valence-electron chi connectivity index (χ4n) is 3.30. The number of imidazole rings is 1. The summed E-state index contributed by atoms with van der Waals surface area (Å²) in [5.74, 6) is 0.712. The summed E-state index contributed by atoms with van der Waals surface area (Å²) in [5.41, 5.74) is 1.64. The lowest BCUT2D eigenvalue weighted by molar-refractivity contribution is -0.121. The predicted molar refractivity (Wildman–Crippen MR) is 109 cm³/mol. The summed E-state index contributed by atoms with van der Waals surface area (Å²) >= 11 is 5.97. The largest absolute Gasteiger partial charge is 0.351 e. The lowest BCUT2D eigenvalue weighted by Gasteiger charge is -2.13. The van der Waals surface area contributed by atoms with Crippen LogP contribution in [-0.2, 0) is 17.8 Å². The minimum atomic E-state index is -0.682. The van der Waals surface area contributed by atoms with Crippen molar-refractivity contribution >= 4 is 17.5 Å². The van der Waals surface area contributed by atoms with Crippen LogP contribution in [0.15, 0.2) is 30.6 Å². The number of benzene rings is 1. The Hall–Kier alpha value is -3.18. The highest BCUT2D eigenvalue weighted by Gasteiger charge is 2.26. The second kappa shape index (κ2) is 8.28.